The average Bonchev–Trinajstić information content (AvgIpc) is 3.01. The molecule has 0 aromatic heterocycles. The lowest BCUT2D eigenvalue weighted by atomic mass is 10.0. The molecule has 0 atom stereocenters. The van der Waals surface area contributed by atoms with Crippen LogP contribution in [0.3, 0.4) is 0 Å². The Kier molecular flexibility index (Phi) is 5.66. The average molecular weight is 431 g/mol. The number of amides is 2. The Bertz CT molecular complexity index is 1200. The van der Waals surface area contributed by atoms with Crippen LogP contribution in [0.4, 0.5) is 11.4 Å². The zero-order chi connectivity index (χ0) is 22.1. The summed E-state index contributed by atoms with van der Waals surface area (Å²) in [6.07, 6.45) is 0.928. The Morgan fingerprint density at radius 2 is 1.52 bits per heavy atom. The summed E-state index contributed by atoms with van der Waals surface area (Å²) < 4.78 is 0. The van der Waals surface area contributed by atoms with Crippen molar-refractivity contribution in [1.82, 2.24) is 0 Å². The molecule has 0 saturated carbocycles. The van der Waals surface area contributed by atoms with Gasteiger partial charge in [-0.2, -0.15) is 0 Å². The predicted octanol–water partition coefficient (Wildman–Crippen LogP) is 5.92. The summed E-state index contributed by atoms with van der Waals surface area (Å²) in [6, 6.07) is 20.4. The first-order chi connectivity index (χ1) is 14.9. The second-order valence-electron chi connectivity index (χ2n) is 7.65. The van der Waals surface area contributed by atoms with Crippen molar-refractivity contribution in [2.75, 3.05) is 10.2 Å². The molecular weight excluding hydrogens is 408 g/mol. The molecule has 2 amide bonds. The number of rotatable bonds is 5. The summed E-state index contributed by atoms with van der Waals surface area (Å²) in [5.74, 6) is -0.735. The van der Waals surface area contributed by atoms with Crippen LogP contribution < -0.4 is 10.2 Å². The van der Waals surface area contributed by atoms with E-state index in [1.165, 1.54) is 10.5 Å². The van der Waals surface area contributed by atoms with Gasteiger partial charge < -0.3 is 5.32 Å². The maximum atomic E-state index is 13.5. The van der Waals surface area contributed by atoms with E-state index >= 15 is 0 Å². The number of hydrogen-bond acceptors (Lipinski definition) is 3. The molecule has 0 aliphatic carbocycles. The van der Waals surface area contributed by atoms with Crippen molar-refractivity contribution < 1.29 is 9.59 Å². The molecule has 0 bridgehead atoms. The molecular formula is C26H23ClN2O2. The topological polar surface area (TPSA) is 49.4 Å². The minimum Gasteiger partial charge on any atom is -0.350 e. The van der Waals surface area contributed by atoms with Gasteiger partial charge in [-0.1, -0.05) is 48.9 Å². The standard InChI is InChI=1S/C26H23ClN2O2/c1-4-18-6-12-21(13-7-18)28-24-23(19-8-10-20(27)11-9-19)25(30)29(26(24)31)22-14-5-16(2)17(3)15-22/h5-15,28H,4H2,1-3H3. The molecule has 31 heavy (non-hydrogen) atoms. The Balaban J connectivity index is 1.80. The number of imide groups is 1. The number of carbonyl (C=O) groups excluding carboxylic acids is 2. The first kappa shape index (κ1) is 20.9. The Labute approximate surface area is 187 Å². The third-order valence-electron chi connectivity index (χ3n) is 5.60. The molecule has 1 N–H and O–H groups in total. The molecule has 156 valence electrons. The highest BCUT2D eigenvalue weighted by Crippen LogP contribution is 2.34. The third-order valence-corrected chi connectivity index (χ3v) is 5.85. The predicted molar refractivity (Wildman–Crippen MR) is 126 cm³/mol. The van der Waals surface area contributed by atoms with E-state index in [0.717, 1.165) is 23.2 Å². The van der Waals surface area contributed by atoms with E-state index in [1.54, 1.807) is 30.3 Å². The highest BCUT2D eigenvalue weighted by Gasteiger charge is 2.40. The maximum Gasteiger partial charge on any atom is 0.282 e. The van der Waals surface area contributed by atoms with Crippen LogP contribution in [0.2, 0.25) is 5.02 Å². The number of carbonyl (C=O) groups is 2. The van der Waals surface area contributed by atoms with Crippen molar-refractivity contribution in [2.24, 2.45) is 0 Å². The van der Waals surface area contributed by atoms with E-state index in [-0.39, 0.29) is 17.5 Å². The zero-order valence-corrected chi connectivity index (χ0v) is 18.5. The van der Waals surface area contributed by atoms with Crippen LogP contribution in [0.15, 0.2) is 72.4 Å². The van der Waals surface area contributed by atoms with Crippen LogP contribution >= 0.6 is 11.6 Å². The number of nitrogens with one attached hydrogen (secondary N) is 1. The van der Waals surface area contributed by atoms with Gasteiger partial charge in [-0.25, -0.2) is 4.90 Å². The largest absolute Gasteiger partial charge is 0.350 e. The zero-order valence-electron chi connectivity index (χ0n) is 17.7. The fraction of sp³-hybridized carbons (Fsp3) is 0.154. The van der Waals surface area contributed by atoms with Crippen molar-refractivity contribution in [1.29, 1.82) is 0 Å². The van der Waals surface area contributed by atoms with Crippen LogP contribution in [0.5, 0.6) is 0 Å². The van der Waals surface area contributed by atoms with Crippen LogP contribution in [0, 0.1) is 13.8 Å². The van der Waals surface area contributed by atoms with E-state index in [0.29, 0.717) is 21.8 Å². The lowest BCUT2D eigenvalue weighted by Crippen LogP contribution is -2.32. The van der Waals surface area contributed by atoms with E-state index in [2.05, 4.69) is 12.2 Å². The number of benzene rings is 3. The second kappa shape index (κ2) is 8.40. The molecule has 4 nitrogen and oxygen atoms in total. The second-order valence-corrected chi connectivity index (χ2v) is 8.08. The molecule has 0 spiro atoms. The fourth-order valence-corrected chi connectivity index (χ4v) is 3.72. The molecule has 1 heterocycles. The van der Waals surface area contributed by atoms with Crippen molar-refractivity contribution in [3.63, 3.8) is 0 Å². The van der Waals surface area contributed by atoms with Crippen LogP contribution in [-0.4, -0.2) is 11.8 Å². The van der Waals surface area contributed by atoms with E-state index < -0.39 is 0 Å². The molecule has 5 heteroatoms. The third kappa shape index (κ3) is 3.99. The Hall–Kier alpha value is -3.37. The van der Waals surface area contributed by atoms with Gasteiger partial charge >= 0.3 is 0 Å². The summed E-state index contributed by atoms with van der Waals surface area (Å²) in [7, 11) is 0. The number of anilines is 2. The molecule has 3 aromatic rings. The lowest BCUT2D eigenvalue weighted by Gasteiger charge is -2.17. The van der Waals surface area contributed by atoms with Crippen molar-refractivity contribution in [3.8, 4) is 0 Å². The van der Waals surface area contributed by atoms with Crippen LogP contribution in [0.25, 0.3) is 5.57 Å². The SMILES string of the molecule is CCc1ccc(NC2=C(c3ccc(Cl)cc3)C(=O)N(c3ccc(C)c(C)c3)C2=O)cc1. The first-order valence-electron chi connectivity index (χ1n) is 10.2. The molecule has 1 aliphatic heterocycles. The van der Waals surface area contributed by atoms with Gasteiger partial charge in [0, 0.05) is 10.7 Å². The van der Waals surface area contributed by atoms with Crippen LogP contribution in [-0.2, 0) is 16.0 Å². The Morgan fingerprint density at radius 1 is 0.839 bits per heavy atom. The van der Waals surface area contributed by atoms with Crippen molar-refractivity contribution in [3.05, 3.63) is 99.7 Å². The molecule has 0 fully saturated rings. The van der Waals surface area contributed by atoms with Gasteiger partial charge in [0.25, 0.3) is 11.8 Å². The van der Waals surface area contributed by atoms with E-state index in [4.69, 9.17) is 11.6 Å². The maximum absolute atomic E-state index is 13.5. The summed E-state index contributed by atoms with van der Waals surface area (Å²) >= 11 is 6.04. The first-order valence-corrected chi connectivity index (χ1v) is 10.6. The van der Waals surface area contributed by atoms with E-state index in [1.807, 2.05) is 50.2 Å². The summed E-state index contributed by atoms with van der Waals surface area (Å²) in [5, 5.41) is 3.76. The molecule has 3 aromatic carbocycles. The lowest BCUT2D eigenvalue weighted by molar-refractivity contribution is -0.120. The monoisotopic (exact) mass is 430 g/mol. The highest BCUT2D eigenvalue weighted by atomic mass is 35.5. The van der Waals surface area contributed by atoms with Gasteiger partial charge in [-0.15, -0.1) is 0 Å². The fourth-order valence-electron chi connectivity index (χ4n) is 3.60. The summed E-state index contributed by atoms with van der Waals surface area (Å²) in [5.41, 5.74) is 5.86. The highest BCUT2D eigenvalue weighted by molar-refractivity contribution is 6.46. The van der Waals surface area contributed by atoms with Gasteiger partial charge in [0.2, 0.25) is 0 Å². The Morgan fingerprint density at radius 3 is 2.13 bits per heavy atom. The summed E-state index contributed by atoms with van der Waals surface area (Å²) in [4.78, 5) is 28.2. The normalized spacial score (nSPS) is 13.9. The van der Waals surface area contributed by atoms with Crippen molar-refractivity contribution in [2.45, 2.75) is 27.2 Å². The van der Waals surface area contributed by atoms with Gasteiger partial charge in [0.05, 0.1) is 11.3 Å². The number of hydrogen-bond donors (Lipinski definition) is 1. The molecule has 0 unspecified atom stereocenters. The smallest absolute Gasteiger partial charge is 0.282 e. The molecule has 0 saturated heterocycles. The van der Waals surface area contributed by atoms with Gasteiger partial charge in [-0.3, -0.25) is 9.59 Å². The number of aryl methyl sites for hydroxylation is 3. The van der Waals surface area contributed by atoms with Crippen LogP contribution in [0.1, 0.15) is 29.2 Å². The van der Waals surface area contributed by atoms with Gasteiger partial charge in [-0.05, 0) is 78.9 Å². The molecule has 4 rings (SSSR count). The molecule has 1 aliphatic rings. The number of halogens is 1. The number of nitrogens with zero attached hydrogens (tertiary/aromatic N) is 1. The minimum atomic E-state index is -0.377. The molecule has 0 radical (unpaired) electrons. The quantitative estimate of drug-likeness (QED) is 0.511. The van der Waals surface area contributed by atoms with Crippen molar-refractivity contribution >= 4 is 40.4 Å². The summed E-state index contributed by atoms with van der Waals surface area (Å²) in [6.45, 7) is 6.05. The van der Waals surface area contributed by atoms with E-state index in [9.17, 15) is 9.59 Å². The van der Waals surface area contributed by atoms with Gasteiger partial charge in [0.15, 0.2) is 0 Å². The minimum absolute atomic E-state index is 0.259. The van der Waals surface area contributed by atoms with Gasteiger partial charge in [0.1, 0.15) is 5.70 Å².